The van der Waals surface area contributed by atoms with Gasteiger partial charge in [0, 0.05) is 18.8 Å². The van der Waals surface area contributed by atoms with Crippen molar-refractivity contribution in [2.45, 2.75) is 12.8 Å². The molecular weight excluding hydrogens is 219 g/mol. The van der Waals surface area contributed by atoms with Crippen LogP contribution in [0.2, 0.25) is 0 Å². The number of morpholine rings is 1. The summed E-state index contributed by atoms with van der Waals surface area (Å²) in [6.07, 6.45) is 1.84. The third-order valence-electron chi connectivity index (χ3n) is 3.05. The lowest BCUT2D eigenvalue weighted by Gasteiger charge is -2.30. The van der Waals surface area contributed by atoms with E-state index in [1.807, 2.05) is 6.07 Å². The topological polar surface area (TPSA) is 38.5 Å². The van der Waals surface area contributed by atoms with Gasteiger partial charge in [-0.15, -0.1) is 0 Å². The predicted molar refractivity (Wildman–Crippen MR) is 66.8 cm³/mol. The van der Waals surface area contributed by atoms with E-state index in [4.69, 9.17) is 10.5 Å². The van der Waals surface area contributed by atoms with Crippen LogP contribution in [-0.4, -0.2) is 32.8 Å². The van der Waals surface area contributed by atoms with Crippen molar-refractivity contribution in [2.24, 2.45) is 5.73 Å². The summed E-state index contributed by atoms with van der Waals surface area (Å²) < 4.78 is 18.7. The Morgan fingerprint density at radius 1 is 1.29 bits per heavy atom. The molecule has 0 aromatic heterocycles. The van der Waals surface area contributed by atoms with Crippen LogP contribution in [0.1, 0.15) is 12.0 Å². The molecule has 0 radical (unpaired) electrons. The Balaban J connectivity index is 2.19. The van der Waals surface area contributed by atoms with Crippen LogP contribution >= 0.6 is 0 Å². The first-order valence-electron chi connectivity index (χ1n) is 6.12. The molecule has 1 heterocycles. The van der Waals surface area contributed by atoms with Crippen LogP contribution in [0.5, 0.6) is 0 Å². The molecule has 3 nitrogen and oxygen atoms in total. The van der Waals surface area contributed by atoms with Crippen LogP contribution in [0, 0.1) is 5.82 Å². The van der Waals surface area contributed by atoms with Gasteiger partial charge in [0.25, 0.3) is 0 Å². The first-order valence-corrected chi connectivity index (χ1v) is 6.12. The molecule has 1 aliphatic heterocycles. The zero-order chi connectivity index (χ0) is 12.1. The molecule has 94 valence electrons. The Bertz CT molecular complexity index is 364. The minimum atomic E-state index is -0.178. The van der Waals surface area contributed by atoms with Crippen molar-refractivity contribution >= 4 is 5.69 Å². The second-order valence-electron chi connectivity index (χ2n) is 4.26. The predicted octanol–water partition coefficient (Wildman–Crippen LogP) is 1.55. The van der Waals surface area contributed by atoms with Gasteiger partial charge in [-0.1, -0.05) is 6.07 Å². The van der Waals surface area contributed by atoms with E-state index in [-0.39, 0.29) is 5.82 Å². The molecule has 0 unspecified atom stereocenters. The van der Waals surface area contributed by atoms with Crippen molar-refractivity contribution in [3.8, 4) is 0 Å². The molecule has 17 heavy (non-hydrogen) atoms. The summed E-state index contributed by atoms with van der Waals surface area (Å²) in [5.74, 6) is -0.178. The highest BCUT2D eigenvalue weighted by atomic mass is 19.1. The molecule has 0 amide bonds. The first-order chi connectivity index (χ1) is 8.31. The summed E-state index contributed by atoms with van der Waals surface area (Å²) >= 11 is 0. The lowest BCUT2D eigenvalue weighted by atomic mass is 10.1. The lowest BCUT2D eigenvalue weighted by Crippen LogP contribution is -2.36. The van der Waals surface area contributed by atoms with Crippen molar-refractivity contribution in [1.29, 1.82) is 0 Å². The number of hydrogen-bond acceptors (Lipinski definition) is 3. The third kappa shape index (κ3) is 3.17. The molecule has 2 rings (SSSR count). The molecule has 4 heteroatoms. The number of rotatable bonds is 4. The van der Waals surface area contributed by atoms with Gasteiger partial charge in [0.05, 0.1) is 13.2 Å². The lowest BCUT2D eigenvalue weighted by molar-refractivity contribution is 0.122. The Morgan fingerprint density at radius 2 is 2.06 bits per heavy atom. The quantitative estimate of drug-likeness (QED) is 0.865. The summed E-state index contributed by atoms with van der Waals surface area (Å²) in [4.78, 5) is 2.19. The number of ether oxygens (including phenoxy) is 1. The van der Waals surface area contributed by atoms with E-state index in [0.29, 0.717) is 19.8 Å². The summed E-state index contributed by atoms with van der Waals surface area (Å²) in [5.41, 5.74) is 7.71. The minimum absolute atomic E-state index is 0.178. The van der Waals surface area contributed by atoms with Gasteiger partial charge in [0.1, 0.15) is 5.82 Å². The third-order valence-corrected chi connectivity index (χ3v) is 3.05. The second-order valence-corrected chi connectivity index (χ2v) is 4.26. The summed E-state index contributed by atoms with van der Waals surface area (Å²) in [6, 6.07) is 5.02. The number of aryl methyl sites for hydroxylation is 1. The van der Waals surface area contributed by atoms with Gasteiger partial charge in [-0.05, 0) is 37.1 Å². The average Bonchev–Trinajstić information content (AvgIpc) is 2.38. The van der Waals surface area contributed by atoms with E-state index >= 15 is 0 Å². The highest BCUT2D eigenvalue weighted by molar-refractivity contribution is 5.54. The van der Waals surface area contributed by atoms with E-state index in [0.717, 1.165) is 31.6 Å². The van der Waals surface area contributed by atoms with Gasteiger partial charge in [0.15, 0.2) is 0 Å². The molecule has 0 atom stereocenters. The molecule has 1 fully saturated rings. The number of halogens is 1. The van der Waals surface area contributed by atoms with Crippen LogP contribution in [0.25, 0.3) is 0 Å². The Morgan fingerprint density at radius 3 is 2.76 bits per heavy atom. The van der Waals surface area contributed by atoms with Crippen LogP contribution in [-0.2, 0) is 11.2 Å². The Kier molecular flexibility index (Phi) is 4.34. The van der Waals surface area contributed by atoms with Crippen molar-refractivity contribution < 1.29 is 9.13 Å². The number of nitrogens with two attached hydrogens (primary N) is 1. The standard InChI is InChI=1S/C13H19FN2O/c14-12-4-3-11(2-1-5-15)13(10-12)16-6-8-17-9-7-16/h3-4,10H,1-2,5-9,15H2. The van der Waals surface area contributed by atoms with Gasteiger partial charge in [0.2, 0.25) is 0 Å². The molecule has 0 saturated carbocycles. The van der Waals surface area contributed by atoms with Gasteiger partial charge >= 0.3 is 0 Å². The smallest absolute Gasteiger partial charge is 0.125 e. The van der Waals surface area contributed by atoms with Crippen molar-refractivity contribution in [3.63, 3.8) is 0 Å². The van der Waals surface area contributed by atoms with Gasteiger partial charge < -0.3 is 15.4 Å². The fourth-order valence-corrected chi connectivity index (χ4v) is 2.14. The molecule has 2 N–H and O–H groups in total. The van der Waals surface area contributed by atoms with E-state index in [9.17, 15) is 4.39 Å². The van der Waals surface area contributed by atoms with E-state index < -0.39 is 0 Å². The molecular formula is C13H19FN2O. The first kappa shape index (κ1) is 12.3. The van der Waals surface area contributed by atoms with E-state index in [1.165, 1.54) is 11.6 Å². The maximum atomic E-state index is 13.3. The average molecular weight is 238 g/mol. The van der Waals surface area contributed by atoms with Crippen LogP contribution in [0.4, 0.5) is 10.1 Å². The normalized spacial score (nSPS) is 16.2. The van der Waals surface area contributed by atoms with Crippen molar-refractivity contribution in [3.05, 3.63) is 29.6 Å². The van der Waals surface area contributed by atoms with E-state index in [2.05, 4.69) is 4.90 Å². The summed E-state index contributed by atoms with van der Waals surface area (Å²) in [7, 11) is 0. The molecule has 1 saturated heterocycles. The monoisotopic (exact) mass is 238 g/mol. The minimum Gasteiger partial charge on any atom is -0.378 e. The number of nitrogens with zero attached hydrogens (tertiary/aromatic N) is 1. The Hall–Kier alpha value is -1.13. The summed E-state index contributed by atoms with van der Waals surface area (Å²) in [5, 5.41) is 0. The number of anilines is 1. The molecule has 0 aliphatic carbocycles. The number of benzene rings is 1. The SMILES string of the molecule is NCCCc1ccc(F)cc1N1CCOCC1. The largest absolute Gasteiger partial charge is 0.378 e. The van der Waals surface area contributed by atoms with Crippen molar-refractivity contribution in [1.82, 2.24) is 0 Å². The van der Waals surface area contributed by atoms with Gasteiger partial charge in [-0.3, -0.25) is 0 Å². The van der Waals surface area contributed by atoms with Gasteiger partial charge in [-0.25, -0.2) is 4.39 Å². The maximum Gasteiger partial charge on any atom is 0.125 e. The zero-order valence-corrected chi connectivity index (χ0v) is 9.99. The van der Waals surface area contributed by atoms with Crippen LogP contribution in [0.3, 0.4) is 0 Å². The summed E-state index contributed by atoms with van der Waals surface area (Å²) in [6.45, 7) is 3.76. The molecule has 0 bridgehead atoms. The highest BCUT2D eigenvalue weighted by Crippen LogP contribution is 2.24. The van der Waals surface area contributed by atoms with Crippen molar-refractivity contribution in [2.75, 3.05) is 37.7 Å². The maximum absolute atomic E-state index is 13.3. The van der Waals surface area contributed by atoms with Gasteiger partial charge in [-0.2, -0.15) is 0 Å². The fourth-order valence-electron chi connectivity index (χ4n) is 2.14. The molecule has 1 aliphatic rings. The number of hydrogen-bond donors (Lipinski definition) is 1. The Labute approximate surface area is 101 Å². The van der Waals surface area contributed by atoms with Crippen LogP contribution < -0.4 is 10.6 Å². The zero-order valence-electron chi connectivity index (χ0n) is 9.99. The second kappa shape index (κ2) is 5.98. The highest BCUT2D eigenvalue weighted by Gasteiger charge is 2.15. The van der Waals surface area contributed by atoms with Crippen LogP contribution in [0.15, 0.2) is 18.2 Å². The molecule has 1 aromatic carbocycles. The molecule has 0 spiro atoms. The molecule has 1 aromatic rings. The fraction of sp³-hybridized carbons (Fsp3) is 0.538. The van der Waals surface area contributed by atoms with E-state index in [1.54, 1.807) is 6.07 Å².